The van der Waals surface area contributed by atoms with Gasteiger partial charge >= 0.3 is 0 Å². The molecular formula is C21H22ClN3O2. The molecule has 0 spiro atoms. The van der Waals surface area contributed by atoms with Crippen molar-refractivity contribution in [1.29, 1.82) is 0 Å². The van der Waals surface area contributed by atoms with Crippen LogP contribution in [0.25, 0.3) is 0 Å². The summed E-state index contributed by atoms with van der Waals surface area (Å²) in [6, 6.07) is 16.6. The first-order valence-corrected chi connectivity index (χ1v) is 9.18. The number of amides is 1. The van der Waals surface area contributed by atoms with Crippen LogP contribution in [0, 0.1) is 0 Å². The van der Waals surface area contributed by atoms with Crippen molar-refractivity contribution in [3.63, 3.8) is 0 Å². The summed E-state index contributed by atoms with van der Waals surface area (Å²) in [6.07, 6.45) is 1.92. The van der Waals surface area contributed by atoms with Gasteiger partial charge in [0.2, 0.25) is 0 Å². The highest BCUT2D eigenvalue weighted by Gasteiger charge is 2.14. The monoisotopic (exact) mass is 383 g/mol. The van der Waals surface area contributed by atoms with Crippen molar-refractivity contribution in [2.75, 3.05) is 7.05 Å². The Labute approximate surface area is 164 Å². The van der Waals surface area contributed by atoms with Gasteiger partial charge in [0.25, 0.3) is 5.91 Å². The smallest absolute Gasteiger partial charge is 0.253 e. The molecule has 0 saturated carbocycles. The Balaban J connectivity index is 1.62. The molecule has 0 saturated heterocycles. The van der Waals surface area contributed by atoms with E-state index in [1.54, 1.807) is 24.1 Å². The number of carbonyl (C=O) groups is 1. The second-order valence-corrected chi connectivity index (χ2v) is 6.70. The fourth-order valence-corrected chi connectivity index (χ4v) is 2.82. The maximum absolute atomic E-state index is 12.7. The van der Waals surface area contributed by atoms with Crippen LogP contribution in [-0.4, -0.2) is 27.6 Å². The third kappa shape index (κ3) is 5.11. The summed E-state index contributed by atoms with van der Waals surface area (Å²) >= 11 is 5.88. The fraction of sp³-hybridized carbons (Fsp3) is 0.238. The first kappa shape index (κ1) is 19.0. The van der Waals surface area contributed by atoms with Crippen LogP contribution in [0.5, 0.6) is 5.75 Å². The molecule has 3 rings (SSSR count). The highest BCUT2D eigenvalue weighted by molar-refractivity contribution is 6.30. The standard InChI is InChI=1S/C21H22ClN3O2/c1-3-25-12-11-19(23-25)14-24(2)21(26)17-6-4-5-16(13-17)15-27-20-9-7-18(22)8-10-20/h4-13H,3,14-15H2,1-2H3. The van der Waals surface area contributed by atoms with E-state index >= 15 is 0 Å². The van der Waals surface area contributed by atoms with Gasteiger partial charge in [-0.05, 0) is 55.0 Å². The van der Waals surface area contributed by atoms with Crippen LogP contribution in [0.2, 0.25) is 5.02 Å². The van der Waals surface area contributed by atoms with Crippen LogP contribution < -0.4 is 4.74 Å². The molecule has 0 fully saturated rings. The zero-order valence-electron chi connectivity index (χ0n) is 15.4. The lowest BCUT2D eigenvalue weighted by molar-refractivity contribution is 0.0783. The first-order valence-electron chi connectivity index (χ1n) is 8.80. The third-order valence-corrected chi connectivity index (χ3v) is 4.41. The van der Waals surface area contributed by atoms with Gasteiger partial charge in [-0.1, -0.05) is 23.7 Å². The molecule has 0 radical (unpaired) electrons. The predicted molar refractivity (Wildman–Crippen MR) is 106 cm³/mol. The minimum absolute atomic E-state index is 0.0469. The fourth-order valence-electron chi connectivity index (χ4n) is 2.69. The Hall–Kier alpha value is -2.79. The summed E-state index contributed by atoms with van der Waals surface area (Å²) in [7, 11) is 1.78. The van der Waals surface area contributed by atoms with E-state index in [0.29, 0.717) is 23.7 Å². The van der Waals surface area contributed by atoms with Crippen LogP contribution in [0.1, 0.15) is 28.5 Å². The van der Waals surface area contributed by atoms with Crippen molar-refractivity contribution < 1.29 is 9.53 Å². The highest BCUT2D eigenvalue weighted by Crippen LogP contribution is 2.17. The van der Waals surface area contributed by atoms with E-state index in [1.807, 2.05) is 60.3 Å². The molecule has 0 N–H and O–H groups in total. The Morgan fingerprint density at radius 1 is 1.19 bits per heavy atom. The maximum atomic E-state index is 12.7. The van der Waals surface area contributed by atoms with Gasteiger partial charge in [0.1, 0.15) is 12.4 Å². The van der Waals surface area contributed by atoms with Crippen molar-refractivity contribution in [2.45, 2.75) is 26.6 Å². The number of rotatable bonds is 7. The molecular weight excluding hydrogens is 362 g/mol. The largest absolute Gasteiger partial charge is 0.489 e. The SMILES string of the molecule is CCn1ccc(CN(C)C(=O)c2cccc(COc3ccc(Cl)cc3)c2)n1. The van der Waals surface area contributed by atoms with E-state index in [2.05, 4.69) is 5.10 Å². The molecule has 1 amide bonds. The van der Waals surface area contributed by atoms with E-state index in [4.69, 9.17) is 16.3 Å². The Morgan fingerprint density at radius 2 is 1.96 bits per heavy atom. The van der Waals surface area contributed by atoms with Gasteiger partial charge in [-0.15, -0.1) is 0 Å². The lowest BCUT2D eigenvalue weighted by Crippen LogP contribution is -2.26. The molecule has 1 aromatic heterocycles. The molecule has 3 aromatic rings. The minimum Gasteiger partial charge on any atom is -0.489 e. The van der Waals surface area contributed by atoms with Gasteiger partial charge in [-0.2, -0.15) is 5.10 Å². The Bertz CT molecular complexity index is 906. The molecule has 0 aliphatic heterocycles. The number of nitrogens with zero attached hydrogens (tertiary/aromatic N) is 3. The first-order chi connectivity index (χ1) is 13.0. The number of halogens is 1. The molecule has 0 unspecified atom stereocenters. The normalized spacial score (nSPS) is 10.6. The van der Waals surface area contributed by atoms with Gasteiger partial charge in [-0.3, -0.25) is 9.48 Å². The van der Waals surface area contributed by atoms with Gasteiger partial charge in [-0.25, -0.2) is 0 Å². The number of hydrogen-bond acceptors (Lipinski definition) is 3. The molecule has 0 atom stereocenters. The van der Waals surface area contributed by atoms with Crippen molar-refractivity contribution in [2.24, 2.45) is 0 Å². The van der Waals surface area contributed by atoms with E-state index < -0.39 is 0 Å². The Kier molecular flexibility index (Phi) is 6.14. The Morgan fingerprint density at radius 3 is 2.67 bits per heavy atom. The quantitative estimate of drug-likeness (QED) is 0.607. The summed E-state index contributed by atoms with van der Waals surface area (Å²) in [5, 5.41) is 5.09. The summed E-state index contributed by atoms with van der Waals surface area (Å²) in [6.45, 7) is 3.70. The van der Waals surface area contributed by atoms with Crippen LogP contribution >= 0.6 is 11.6 Å². The topological polar surface area (TPSA) is 47.4 Å². The van der Waals surface area contributed by atoms with Crippen molar-refractivity contribution in [3.8, 4) is 5.75 Å². The number of hydrogen-bond donors (Lipinski definition) is 0. The van der Waals surface area contributed by atoms with Gasteiger partial charge < -0.3 is 9.64 Å². The van der Waals surface area contributed by atoms with Crippen LogP contribution in [-0.2, 0) is 19.7 Å². The van der Waals surface area contributed by atoms with Crippen molar-refractivity contribution in [1.82, 2.24) is 14.7 Å². The molecule has 0 aliphatic rings. The summed E-state index contributed by atoms with van der Waals surface area (Å²) in [5.74, 6) is 0.689. The van der Waals surface area contributed by atoms with E-state index in [0.717, 1.165) is 23.6 Å². The zero-order chi connectivity index (χ0) is 19.2. The molecule has 0 aliphatic carbocycles. The second-order valence-electron chi connectivity index (χ2n) is 6.27. The van der Waals surface area contributed by atoms with Crippen molar-refractivity contribution >= 4 is 17.5 Å². The van der Waals surface area contributed by atoms with Crippen LogP contribution in [0.3, 0.4) is 0 Å². The lowest BCUT2D eigenvalue weighted by Gasteiger charge is -2.16. The average molecular weight is 384 g/mol. The molecule has 27 heavy (non-hydrogen) atoms. The molecule has 6 heteroatoms. The molecule has 2 aromatic carbocycles. The lowest BCUT2D eigenvalue weighted by atomic mass is 10.1. The number of aryl methyl sites for hydroxylation is 1. The zero-order valence-corrected chi connectivity index (χ0v) is 16.2. The summed E-state index contributed by atoms with van der Waals surface area (Å²) < 4.78 is 7.61. The number of carbonyl (C=O) groups excluding carboxylic acids is 1. The van der Waals surface area contributed by atoms with Crippen molar-refractivity contribution in [3.05, 3.63) is 82.6 Å². The van der Waals surface area contributed by atoms with Gasteiger partial charge in [0.05, 0.1) is 12.2 Å². The molecule has 0 bridgehead atoms. The minimum atomic E-state index is -0.0469. The number of aromatic nitrogens is 2. The molecule has 1 heterocycles. The van der Waals surface area contributed by atoms with E-state index in [-0.39, 0.29) is 5.91 Å². The second kappa shape index (κ2) is 8.73. The number of ether oxygens (including phenoxy) is 1. The highest BCUT2D eigenvalue weighted by atomic mass is 35.5. The maximum Gasteiger partial charge on any atom is 0.253 e. The van der Waals surface area contributed by atoms with Crippen LogP contribution in [0.4, 0.5) is 0 Å². The average Bonchev–Trinajstić information content (AvgIpc) is 3.14. The van der Waals surface area contributed by atoms with E-state index in [9.17, 15) is 4.79 Å². The number of benzene rings is 2. The van der Waals surface area contributed by atoms with Crippen LogP contribution in [0.15, 0.2) is 60.8 Å². The van der Waals surface area contributed by atoms with E-state index in [1.165, 1.54) is 0 Å². The molecule has 140 valence electrons. The predicted octanol–water partition coefficient (Wildman–Crippen LogP) is 4.41. The molecule has 5 nitrogen and oxygen atoms in total. The summed E-state index contributed by atoms with van der Waals surface area (Å²) in [5.41, 5.74) is 2.43. The van der Waals surface area contributed by atoms with Gasteiger partial charge in [0.15, 0.2) is 0 Å². The van der Waals surface area contributed by atoms with Gasteiger partial charge in [0, 0.05) is 30.4 Å². The summed E-state index contributed by atoms with van der Waals surface area (Å²) in [4.78, 5) is 14.4. The third-order valence-electron chi connectivity index (χ3n) is 4.16.